The molecule has 0 bridgehead atoms. The van der Waals surface area contributed by atoms with Gasteiger partial charge in [-0.1, -0.05) is 43.2 Å². The number of anilines is 2. The standard InChI is InChI=1S/C24H31N5O5/c1-34-12-11-27(23(32)17-13-19(30)28(15-17)18-9-5-6-10-18)20-21(25)29(24(33)26-22(20)31)14-16-7-3-2-4-8-16/h2-4,7-8,17-18H,5-6,9-15,25H2,1H3,(H,26,31,33). The first-order chi connectivity index (χ1) is 16.4. The van der Waals surface area contributed by atoms with E-state index in [2.05, 4.69) is 4.98 Å². The minimum atomic E-state index is -0.742. The van der Waals surface area contributed by atoms with Crippen molar-refractivity contribution in [1.29, 1.82) is 0 Å². The first kappa shape index (κ1) is 23.7. The van der Waals surface area contributed by atoms with Crippen LogP contribution in [0.5, 0.6) is 0 Å². The summed E-state index contributed by atoms with van der Waals surface area (Å²) in [5.74, 6) is -1.09. The Bertz CT molecular complexity index is 1150. The fourth-order valence-corrected chi connectivity index (χ4v) is 4.96. The van der Waals surface area contributed by atoms with Gasteiger partial charge in [-0.2, -0.15) is 0 Å². The third-order valence-electron chi connectivity index (χ3n) is 6.73. The first-order valence-electron chi connectivity index (χ1n) is 11.7. The van der Waals surface area contributed by atoms with E-state index in [1.165, 1.54) is 16.6 Å². The SMILES string of the molecule is COCCN(C(=O)C1CC(=O)N(C2CCCC2)C1)c1c(N)n(Cc2ccccc2)c(=O)[nH]c1=O. The Morgan fingerprint density at radius 3 is 2.56 bits per heavy atom. The highest BCUT2D eigenvalue weighted by molar-refractivity contribution is 6.00. The van der Waals surface area contributed by atoms with Gasteiger partial charge in [-0.15, -0.1) is 0 Å². The lowest BCUT2D eigenvalue weighted by molar-refractivity contribution is -0.130. The van der Waals surface area contributed by atoms with Gasteiger partial charge in [0.05, 0.1) is 19.1 Å². The number of benzene rings is 1. The van der Waals surface area contributed by atoms with Gasteiger partial charge in [-0.25, -0.2) is 4.79 Å². The van der Waals surface area contributed by atoms with Crippen molar-refractivity contribution in [3.8, 4) is 0 Å². The van der Waals surface area contributed by atoms with Crippen LogP contribution in [0.2, 0.25) is 0 Å². The van der Waals surface area contributed by atoms with E-state index in [-0.39, 0.29) is 55.5 Å². The predicted molar refractivity (Wildman–Crippen MR) is 128 cm³/mol. The number of likely N-dealkylation sites (tertiary alicyclic amines) is 1. The largest absolute Gasteiger partial charge is 0.383 e. The van der Waals surface area contributed by atoms with E-state index in [0.717, 1.165) is 31.2 Å². The van der Waals surface area contributed by atoms with Crippen LogP contribution in [0, 0.1) is 5.92 Å². The quantitative estimate of drug-likeness (QED) is 0.592. The van der Waals surface area contributed by atoms with Crippen LogP contribution in [0.15, 0.2) is 39.9 Å². The van der Waals surface area contributed by atoms with Crippen LogP contribution in [0.25, 0.3) is 0 Å². The number of nitrogens with zero attached hydrogens (tertiary/aromatic N) is 3. The minimum Gasteiger partial charge on any atom is -0.383 e. The average Bonchev–Trinajstić information content (AvgIpc) is 3.48. The van der Waals surface area contributed by atoms with Gasteiger partial charge >= 0.3 is 5.69 Å². The molecule has 34 heavy (non-hydrogen) atoms. The number of carbonyl (C=O) groups excluding carboxylic acids is 2. The zero-order valence-electron chi connectivity index (χ0n) is 19.4. The predicted octanol–water partition coefficient (Wildman–Crippen LogP) is 0.938. The molecular formula is C24H31N5O5. The number of hydrogen-bond acceptors (Lipinski definition) is 6. The van der Waals surface area contributed by atoms with Gasteiger partial charge in [0.2, 0.25) is 11.8 Å². The molecule has 1 aromatic carbocycles. The molecule has 10 nitrogen and oxygen atoms in total. The van der Waals surface area contributed by atoms with Gasteiger partial charge in [-0.3, -0.25) is 23.9 Å². The number of nitrogen functional groups attached to an aromatic ring is 1. The summed E-state index contributed by atoms with van der Waals surface area (Å²) in [5.41, 5.74) is 5.65. The number of carbonyl (C=O) groups is 2. The van der Waals surface area contributed by atoms with E-state index < -0.39 is 17.2 Å². The highest BCUT2D eigenvalue weighted by Crippen LogP contribution is 2.31. The molecule has 1 atom stereocenters. The van der Waals surface area contributed by atoms with E-state index in [1.54, 1.807) is 0 Å². The lowest BCUT2D eigenvalue weighted by Gasteiger charge is -2.27. The Morgan fingerprint density at radius 1 is 1.18 bits per heavy atom. The Morgan fingerprint density at radius 2 is 1.88 bits per heavy atom. The number of aromatic nitrogens is 2. The summed E-state index contributed by atoms with van der Waals surface area (Å²) in [6.45, 7) is 0.696. The minimum absolute atomic E-state index is 0.0344. The van der Waals surface area contributed by atoms with Crippen LogP contribution in [0.3, 0.4) is 0 Å². The van der Waals surface area contributed by atoms with Crippen LogP contribution in [0.1, 0.15) is 37.7 Å². The van der Waals surface area contributed by atoms with Gasteiger partial charge in [0.25, 0.3) is 5.56 Å². The molecule has 2 heterocycles. The molecule has 0 spiro atoms. The molecule has 10 heteroatoms. The molecule has 1 aliphatic heterocycles. The Labute approximate surface area is 197 Å². The second-order valence-corrected chi connectivity index (χ2v) is 8.93. The third kappa shape index (κ3) is 4.77. The summed E-state index contributed by atoms with van der Waals surface area (Å²) in [6.07, 6.45) is 4.18. The summed E-state index contributed by atoms with van der Waals surface area (Å²) < 4.78 is 6.41. The lowest BCUT2D eigenvalue weighted by Crippen LogP contribution is -2.45. The van der Waals surface area contributed by atoms with Gasteiger partial charge in [0.1, 0.15) is 5.82 Å². The van der Waals surface area contributed by atoms with Gasteiger partial charge < -0.3 is 20.3 Å². The first-order valence-corrected chi connectivity index (χ1v) is 11.7. The van der Waals surface area contributed by atoms with Crippen LogP contribution in [-0.2, 0) is 20.9 Å². The number of aromatic amines is 1. The normalized spacial score (nSPS) is 18.6. The number of methoxy groups -OCH3 is 1. The molecule has 1 unspecified atom stereocenters. The van der Waals surface area contributed by atoms with E-state index in [4.69, 9.17) is 10.5 Å². The van der Waals surface area contributed by atoms with Crippen LogP contribution in [0.4, 0.5) is 11.5 Å². The Balaban J connectivity index is 1.66. The molecule has 0 radical (unpaired) electrons. The lowest BCUT2D eigenvalue weighted by atomic mass is 10.1. The molecule has 1 saturated carbocycles. The Hall–Kier alpha value is -3.40. The maximum Gasteiger partial charge on any atom is 0.330 e. The summed E-state index contributed by atoms with van der Waals surface area (Å²) in [6, 6.07) is 9.39. The maximum atomic E-state index is 13.6. The number of rotatable bonds is 8. The molecule has 1 saturated heterocycles. The van der Waals surface area contributed by atoms with Gasteiger partial charge in [0.15, 0.2) is 5.69 Å². The molecular weight excluding hydrogens is 438 g/mol. The highest BCUT2D eigenvalue weighted by atomic mass is 16.5. The van der Waals surface area contributed by atoms with Crippen molar-refractivity contribution in [1.82, 2.24) is 14.5 Å². The number of ether oxygens (including phenoxy) is 1. The maximum absolute atomic E-state index is 13.6. The number of hydrogen-bond donors (Lipinski definition) is 2. The fraction of sp³-hybridized carbons (Fsp3) is 0.500. The van der Waals surface area contributed by atoms with E-state index in [1.807, 2.05) is 35.2 Å². The second kappa shape index (κ2) is 10.3. The molecule has 1 aromatic heterocycles. The van der Waals surface area contributed by atoms with E-state index in [9.17, 15) is 19.2 Å². The van der Waals surface area contributed by atoms with E-state index in [0.29, 0.717) is 6.54 Å². The fourth-order valence-electron chi connectivity index (χ4n) is 4.96. The smallest absolute Gasteiger partial charge is 0.330 e. The van der Waals surface area contributed by atoms with E-state index >= 15 is 0 Å². The van der Waals surface area contributed by atoms with Crippen molar-refractivity contribution >= 4 is 23.3 Å². The summed E-state index contributed by atoms with van der Waals surface area (Å²) in [4.78, 5) is 57.1. The number of amides is 2. The van der Waals surface area contributed by atoms with Crippen molar-refractivity contribution in [2.24, 2.45) is 5.92 Å². The molecule has 1 aliphatic carbocycles. The second-order valence-electron chi connectivity index (χ2n) is 8.93. The van der Waals surface area contributed by atoms with Crippen molar-refractivity contribution in [2.75, 3.05) is 37.4 Å². The molecule has 2 fully saturated rings. The van der Waals surface area contributed by atoms with Crippen molar-refractivity contribution < 1.29 is 14.3 Å². The molecule has 182 valence electrons. The molecule has 2 aromatic rings. The summed E-state index contributed by atoms with van der Waals surface area (Å²) in [7, 11) is 1.49. The zero-order chi connectivity index (χ0) is 24.2. The Kier molecular flexibility index (Phi) is 7.16. The average molecular weight is 470 g/mol. The van der Waals surface area contributed by atoms with Crippen LogP contribution < -0.4 is 21.9 Å². The van der Waals surface area contributed by atoms with Crippen molar-refractivity contribution in [3.05, 3.63) is 56.7 Å². The van der Waals surface area contributed by atoms with Gasteiger partial charge in [-0.05, 0) is 18.4 Å². The van der Waals surface area contributed by atoms with Crippen molar-refractivity contribution in [2.45, 2.75) is 44.7 Å². The topological polar surface area (TPSA) is 131 Å². The third-order valence-corrected chi connectivity index (χ3v) is 6.73. The molecule has 2 amide bonds. The zero-order valence-corrected chi connectivity index (χ0v) is 19.4. The number of nitrogens with one attached hydrogen (secondary N) is 1. The number of nitrogens with two attached hydrogens (primary N) is 1. The number of H-pyrrole nitrogens is 1. The molecule has 3 N–H and O–H groups in total. The molecule has 4 rings (SSSR count). The molecule has 2 aliphatic rings. The van der Waals surface area contributed by atoms with Crippen LogP contribution in [-0.4, -0.2) is 59.1 Å². The summed E-state index contributed by atoms with van der Waals surface area (Å²) >= 11 is 0. The van der Waals surface area contributed by atoms with Crippen LogP contribution >= 0.6 is 0 Å². The highest BCUT2D eigenvalue weighted by Gasteiger charge is 2.41. The monoisotopic (exact) mass is 469 g/mol. The van der Waals surface area contributed by atoms with Gasteiger partial charge in [0, 0.05) is 32.7 Å². The van der Waals surface area contributed by atoms with Crippen molar-refractivity contribution in [3.63, 3.8) is 0 Å². The summed E-state index contributed by atoms with van der Waals surface area (Å²) in [5, 5.41) is 0.